The fourth-order valence-corrected chi connectivity index (χ4v) is 1.53. The van der Waals surface area contributed by atoms with Crippen molar-refractivity contribution in [2.45, 2.75) is 25.8 Å². The van der Waals surface area contributed by atoms with Gasteiger partial charge in [-0.2, -0.15) is 0 Å². The van der Waals surface area contributed by atoms with E-state index in [-0.39, 0.29) is 18.4 Å². The van der Waals surface area contributed by atoms with Crippen LogP contribution in [-0.2, 0) is 14.4 Å². The molecule has 1 aliphatic heterocycles. The lowest BCUT2D eigenvalue weighted by Gasteiger charge is -2.21. The van der Waals surface area contributed by atoms with Crippen molar-refractivity contribution in [1.82, 2.24) is 10.2 Å². The molecule has 15 heavy (non-hydrogen) atoms. The van der Waals surface area contributed by atoms with Gasteiger partial charge in [0.2, 0.25) is 11.8 Å². The SMILES string of the molecule is CCN(CC(=O)O)C(=O)C1CCC(=O)N1. The zero-order valence-corrected chi connectivity index (χ0v) is 8.52. The summed E-state index contributed by atoms with van der Waals surface area (Å²) in [4.78, 5) is 34.3. The Morgan fingerprint density at radius 3 is 2.67 bits per heavy atom. The Morgan fingerprint density at radius 1 is 1.60 bits per heavy atom. The Labute approximate surface area is 87.2 Å². The predicted molar refractivity (Wildman–Crippen MR) is 51.1 cm³/mol. The average molecular weight is 214 g/mol. The van der Waals surface area contributed by atoms with Crippen molar-refractivity contribution >= 4 is 17.8 Å². The van der Waals surface area contributed by atoms with Gasteiger partial charge < -0.3 is 15.3 Å². The quantitative estimate of drug-likeness (QED) is 0.641. The van der Waals surface area contributed by atoms with Gasteiger partial charge in [0.15, 0.2) is 0 Å². The van der Waals surface area contributed by atoms with Crippen LogP contribution in [-0.4, -0.2) is 46.9 Å². The maximum atomic E-state index is 11.7. The van der Waals surface area contributed by atoms with E-state index < -0.39 is 12.0 Å². The lowest BCUT2D eigenvalue weighted by Crippen LogP contribution is -2.46. The summed E-state index contributed by atoms with van der Waals surface area (Å²) in [7, 11) is 0. The molecule has 1 saturated heterocycles. The number of carboxylic acid groups (broad SMARTS) is 1. The number of carbonyl (C=O) groups is 3. The summed E-state index contributed by atoms with van der Waals surface area (Å²) in [6.45, 7) is 1.72. The molecule has 6 nitrogen and oxygen atoms in total. The summed E-state index contributed by atoms with van der Waals surface area (Å²) in [6.07, 6.45) is 0.787. The number of hydrogen-bond acceptors (Lipinski definition) is 3. The number of amides is 2. The largest absolute Gasteiger partial charge is 0.480 e. The van der Waals surface area contributed by atoms with Crippen LogP contribution in [0.3, 0.4) is 0 Å². The van der Waals surface area contributed by atoms with E-state index in [1.807, 2.05) is 0 Å². The van der Waals surface area contributed by atoms with Gasteiger partial charge in [0, 0.05) is 13.0 Å². The molecular weight excluding hydrogens is 200 g/mol. The van der Waals surface area contributed by atoms with Gasteiger partial charge in [-0.3, -0.25) is 14.4 Å². The number of nitrogens with zero attached hydrogens (tertiary/aromatic N) is 1. The molecule has 0 radical (unpaired) electrons. The fraction of sp³-hybridized carbons (Fsp3) is 0.667. The summed E-state index contributed by atoms with van der Waals surface area (Å²) >= 11 is 0. The molecule has 1 aliphatic rings. The Morgan fingerprint density at radius 2 is 2.27 bits per heavy atom. The maximum Gasteiger partial charge on any atom is 0.323 e. The highest BCUT2D eigenvalue weighted by molar-refractivity contribution is 5.92. The van der Waals surface area contributed by atoms with Crippen LogP contribution in [0.15, 0.2) is 0 Å². The van der Waals surface area contributed by atoms with Gasteiger partial charge in [0.25, 0.3) is 0 Å². The zero-order valence-electron chi connectivity index (χ0n) is 8.52. The molecule has 0 aromatic rings. The maximum absolute atomic E-state index is 11.7. The second-order valence-corrected chi connectivity index (χ2v) is 3.40. The fourth-order valence-electron chi connectivity index (χ4n) is 1.53. The second kappa shape index (κ2) is 4.77. The second-order valence-electron chi connectivity index (χ2n) is 3.40. The summed E-state index contributed by atoms with van der Waals surface area (Å²) in [6, 6.07) is -0.545. The first-order chi connectivity index (χ1) is 7.04. The molecule has 0 aliphatic carbocycles. The Balaban J connectivity index is 2.56. The number of rotatable bonds is 4. The van der Waals surface area contributed by atoms with Crippen molar-refractivity contribution in [2.75, 3.05) is 13.1 Å². The number of likely N-dealkylation sites (N-methyl/N-ethyl adjacent to an activating group) is 1. The highest BCUT2D eigenvalue weighted by Crippen LogP contribution is 2.09. The predicted octanol–water partition coefficient (Wildman–Crippen LogP) is -0.802. The molecule has 1 unspecified atom stereocenters. The van der Waals surface area contributed by atoms with Crippen LogP contribution in [0.5, 0.6) is 0 Å². The van der Waals surface area contributed by atoms with Crippen LogP contribution < -0.4 is 5.32 Å². The van der Waals surface area contributed by atoms with E-state index in [9.17, 15) is 14.4 Å². The van der Waals surface area contributed by atoms with Gasteiger partial charge in [-0.15, -0.1) is 0 Å². The van der Waals surface area contributed by atoms with Crippen LogP contribution in [0, 0.1) is 0 Å². The third kappa shape index (κ3) is 2.93. The standard InChI is InChI=1S/C9H14N2O4/c1-2-11(5-8(13)14)9(15)6-3-4-7(12)10-6/h6H,2-5H2,1H3,(H,10,12)(H,13,14). The van der Waals surface area contributed by atoms with Crippen LogP contribution in [0.4, 0.5) is 0 Å². The molecule has 0 spiro atoms. The van der Waals surface area contributed by atoms with Gasteiger partial charge >= 0.3 is 5.97 Å². The third-order valence-electron chi connectivity index (χ3n) is 2.31. The normalized spacial score (nSPS) is 19.8. The molecule has 2 amide bonds. The molecule has 1 fully saturated rings. The molecule has 0 aromatic heterocycles. The molecule has 1 atom stereocenters. The van der Waals surface area contributed by atoms with E-state index >= 15 is 0 Å². The van der Waals surface area contributed by atoms with Gasteiger partial charge in [-0.05, 0) is 13.3 Å². The monoisotopic (exact) mass is 214 g/mol. The van der Waals surface area contributed by atoms with Crippen molar-refractivity contribution in [3.63, 3.8) is 0 Å². The van der Waals surface area contributed by atoms with Crippen molar-refractivity contribution in [2.24, 2.45) is 0 Å². The van der Waals surface area contributed by atoms with E-state index in [4.69, 9.17) is 5.11 Å². The minimum Gasteiger partial charge on any atom is -0.480 e. The Hall–Kier alpha value is -1.59. The van der Waals surface area contributed by atoms with Crippen molar-refractivity contribution in [3.8, 4) is 0 Å². The van der Waals surface area contributed by atoms with E-state index in [0.717, 1.165) is 0 Å². The van der Waals surface area contributed by atoms with Gasteiger partial charge in [-0.1, -0.05) is 0 Å². The molecule has 1 heterocycles. The van der Waals surface area contributed by atoms with Crippen LogP contribution in [0.25, 0.3) is 0 Å². The van der Waals surface area contributed by atoms with Gasteiger partial charge in [0.1, 0.15) is 12.6 Å². The molecule has 84 valence electrons. The highest BCUT2D eigenvalue weighted by atomic mass is 16.4. The van der Waals surface area contributed by atoms with Crippen LogP contribution in [0.2, 0.25) is 0 Å². The minimum atomic E-state index is -1.05. The van der Waals surface area contributed by atoms with Crippen LogP contribution >= 0.6 is 0 Å². The summed E-state index contributed by atoms with van der Waals surface area (Å²) < 4.78 is 0. The molecule has 1 rings (SSSR count). The number of nitrogens with one attached hydrogen (secondary N) is 1. The van der Waals surface area contributed by atoms with Gasteiger partial charge in [-0.25, -0.2) is 0 Å². The van der Waals surface area contributed by atoms with E-state index in [0.29, 0.717) is 19.4 Å². The first-order valence-corrected chi connectivity index (χ1v) is 4.84. The Kier molecular flexibility index (Phi) is 3.65. The number of hydrogen-bond donors (Lipinski definition) is 2. The summed E-state index contributed by atoms with van der Waals surface area (Å²) in [5.74, 6) is -1.51. The lowest BCUT2D eigenvalue weighted by molar-refractivity contribution is -0.145. The number of carboxylic acids is 1. The smallest absolute Gasteiger partial charge is 0.323 e. The molecule has 0 aromatic carbocycles. The van der Waals surface area contributed by atoms with Gasteiger partial charge in [0.05, 0.1) is 0 Å². The van der Waals surface area contributed by atoms with Crippen LogP contribution in [0.1, 0.15) is 19.8 Å². The van der Waals surface area contributed by atoms with Crippen molar-refractivity contribution in [3.05, 3.63) is 0 Å². The van der Waals surface area contributed by atoms with Crippen molar-refractivity contribution in [1.29, 1.82) is 0 Å². The molecule has 6 heteroatoms. The summed E-state index contributed by atoms with van der Waals surface area (Å²) in [5.41, 5.74) is 0. The first-order valence-electron chi connectivity index (χ1n) is 4.84. The van der Waals surface area contributed by atoms with Crippen molar-refractivity contribution < 1.29 is 19.5 Å². The first kappa shape index (κ1) is 11.5. The lowest BCUT2D eigenvalue weighted by atomic mass is 10.2. The minimum absolute atomic E-state index is 0.153. The molecule has 0 bridgehead atoms. The van der Waals surface area contributed by atoms with E-state index in [1.165, 1.54) is 4.90 Å². The average Bonchev–Trinajstić information content (AvgIpc) is 2.60. The number of carbonyl (C=O) groups excluding carboxylic acids is 2. The van der Waals surface area contributed by atoms with E-state index in [2.05, 4.69) is 5.32 Å². The zero-order chi connectivity index (χ0) is 11.4. The third-order valence-corrected chi connectivity index (χ3v) is 2.31. The number of aliphatic carboxylic acids is 1. The topological polar surface area (TPSA) is 86.7 Å². The Bertz CT molecular complexity index is 290. The molecule has 0 saturated carbocycles. The molecule has 2 N–H and O–H groups in total. The highest BCUT2D eigenvalue weighted by Gasteiger charge is 2.30. The summed E-state index contributed by atoms with van der Waals surface area (Å²) in [5, 5.41) is 11.1. The van der Waals surface area contributed by atoms with E-state index in [1.54, 1.807) is 6.92 Å². The molecular formula is C9H14N2O4.